The summed E-state index contributed by atoms with van der Waals surface area (Å²) in [6.45, 7) is -0.705. The van der Waals surface area contributed by atoms with Gasteiger partial charge in [0, 0.05) is 0 Å². The lowest BCUT2D eigenvalue weighted by Gasteiger charge is -2.10. The molecule has 1 rings (SSSR count). The van der Waals surface area contributed by atoms with E-state index in [1.807, 2.05) is 0 Å². The van der Waals surface area contributed by atoms with Gasteiger partial charge in [-0.25, -0.2) is 4.79 Å². The van der Waals surface area contributed by atoms with Crippen molar-refractivity contribution in [3.63, 3.8) is 0 Å². The van der Waals surface area contributed by atoms with Gasteiger partial charge < -0.3 is 20.5 Å². The first kappa shape index (κ1) is 12.8. The number of aliphatic carboxylic acids is 1. The smallest absolute Gasteiger partial charge is 0.328 e. The van der Waals surface area contributed by atoms with Crippen LogP contribution in [-0.2, 0) is 4.79 Å². The zero-order valence-electron chi connectivity index (χ0n) is 7.83. The quantitative estimate of drug-likeness (QED) is 0.637. The summed E-state index contributed by atoms with van der Waals surface area (Å²) >= 11 is 11.2. The maximum Gasteiger partial charge on any atom is 0.328 e. The van der Waals surface area contributed by atoms with Crippen LogP contribution in [0.1, 0.15) is 10.5 Å². The highest BCUT2D eigenvalue weighted by atomic mass is 35.5. The fraction of sp³-hybridized carbons (Fsp3) is 0.250. The van der Waals surface area contributed by atoms with Crippen LogP contribution in [0.5, 0.6) is 0 Å². The first-order chi connectivity index (χ1) is 7.45. The van der Waals surface area contributed by atoms with Crippen LogP contribution in [-0.4, -0.2) is 39.7 Å². The number of aromatic amines is 1. The third-order valence-corrected chi connectivity index (χ3v) is 2.45. The number of aliphatic hydroxyl groups excluding tert-OH is 1. The number of halogens is 2. The second-order valence-corrected chi connectivity index (χ2v) is 3.68. The molecule has 1 heterocycles. The molecule has 8 heteroatoms. The number of nitrogens with one attached hydrogen (secondary N) is 2. The van der Waals surface area contributed by atoms with Gasteiger partial charge in [0.05, 0.1) is 11.6 Å². The van der Waals surface area contributed by atoms with E-state index in [2.05, 4.69) is 10.3 Å². The Morgan fingerprint density at radius 1 is 1.50 bits per heavy atom. The van der Waals surface area contributed by atoms with Gasteiger partial charge in [-0.3, -0.25) is 4.79 Å². The lowest BCUT2D eigenvalue weighted by Crippen LogP contribution is -2.43. The van der Waals surface area contributed by atoms with Crippen molar-refractivity contribution in [3.05, 3.63) is 21.9 Å². The molecular weight excluding hydrogens is 259 g/mol. The van der Waals surface area contributed by atoms with Gasteiger partial charge in [0.25, 0.3) is 5.91 Å². The van der Waals surface area contributed by atoms with E-state index in [1.165, 1.54) is 6.07 Å². The molecule has 0 bridgehead atoms. The number of hydrogen-bond donors (Lipinski definition) is 4. The summed E-state index contributed by atoms with van der Waals surface area (Å²) in [5.41, 5.74) is 0.0229. The lowest BCUT2D eigenvalue weighted by molar-refractivity contribution is -0.140. The van der Waals surface area contributed by atoms with E-state index in [9.17, 15) is 9.59 Å². The number of aliphatic hydroxyl groups is 1. The number of carboxylic acids is 1. The number of carbonyl (C=O) groups excluding carboxylic acids is 1. The maximum absolute atomic E-state index is 11.4. The molecule has 0 radical (unpaired) electrons. The van der Waals surface area contributed by atoms with Crippen LogP contribution >= 0.6 is 23.2 Å². The van der Waals surface area contributed by atoms with E-state index in [1.54, 1.807) is 0 Å². The standard InChI is InChI=1S/C8H8Cl2N2O4/c9-3-1-4(11-6(3)10)7(14)12-5(2-13)8(15)16/h1,5,11,13H,2H2,(H,12,14)(H,15,16)/t5-/m1/s1. The third-order valence-electron chi connectivity index (χ3n) is 1.76. The molecular formula is C8H8Cl2N2O4. The number of carboxylic acid groups (broad SMARTS) is 1. The Balaban J connectivity index is 2.75. The van der Waals surface area contributed by atoms with Gasteiger partial charge in [0.1, 0.15) is 10.8 Å². The molecule has 0 aliphatic rings. The van der Waals surface area contributed by atoms with Gasteiger partial charge in [-0.1, -0.05) is 23.2 Å². The van der Waals surface area contributed by atoms with E-state index in [0.717, 1.165) is 0 Å². The molecule has 1 atom stereocenters. The normalized spacial score (nSPS) is 12.2. The summed E-state index contributed by atoms with van der Waals surface area (Å²) < 4.78 is 0. The fourth-order valence-electron chi connectivity index (χ4n) is 0.948. The topological polar surface area (TPSA) is 102 Å². The Morgan fingerprint density at radius 2 is 2.12 bits per heavy atom. The number of aromatic nitrogens is 1. The SMILES string of the molecule is O=C(N[C@H](CO)C(=O)O)c1cc(Cl)c(Cl)[nH]1. The molecule has 1 aromatic heterocycles. The van der Waals surface area contributed by atoms with E-state index < -0.39 is 24.5 Å². The first-order valence-corrected chi connectivity index (χ1v) is 4.89. The Hall–Kier alpha value is -1.24. The molecule has 1 amide bonds. The van der Waals surface area contributed by atoms with Crippen molar-refractivity contribution in [1.82, 2.24) is 10.3 Å². The number of H-pyrrole nitrogens is 1. The van der Waals surface area contributed by atoms with Crippen molar-refractivity contribution < 1.29 is 19.8 Å². The number of amides is 1. The Morgan fingerprint density at radius 3 is 2.50 bits per heavy atom. The average Bonchev–Trinajstić information content (AvgIpc) is 2.55. The molecule has 0 unspecified atom stereocenters. The van der Waals surface area contributed by atoms with E-state index in [0.29, 0.717) is 0 Å². The minimum atomic E-state index is -1.37. The summed E-state index contributed by atoms with van der Waals surface area (Å²) in [4.78, 5) is 24.4. The Labute approximate surface area is 100 Å². The maximum atomic E-state index is 11.4. The molecule has 0 saturated carbocycles. The molecule has 0 spiro atoms. The highest BCUT2D eigenvalue weighted by Crippen LogP contribution is 2.21. The lowest BCUT2D eigenvalue weighted by atomic mass is 10.3. The Kier molecular flexibility index (Phi) is 4.17. The molecule has 6 nitrogen and oxygen atoms in total. The summed E-state index contributed by atoms with van der Waals surface area (Å²) in [5.74, 6) is -2.05. The van der Waals surface area contributed by atoms with Crippen LogP contribution in [0.4, 0.5) is 0 Å². The summed E-state index contributed by atoms with van der Waals surface area (Å²) in [5, 5.41) is 19.6. The van der Waals surface area contributed by atoms with E-state index in [-0.39, 0.29) is 15.9 Å². The van der Waals surface area contributed by atoms with Gasteiger partial charge in [0.2, 0.25) is 0 Å². The van der Waals surface area contributed by atoms with Crippen LogP contribution in [0.15, 0.2) is 6.07 Å². The van der Waals surface area contributed by atoms with Crippen LogP contribution in [0.25, 0.3) is 0 Å². The van der Waals surface area contributed by atoms with Crippen LogP contribution in [0.2, 0.25) is 10.2 Å². The summed E-state index contributed by atoms with van der Waals surface area (Å²) in [7, 11) is 0. The number of hydrogen-bond acceptors (Lipinski definition) is 3. The van der Waals surface area contributed by atoms with Crippen molar-refractivity contribution in [1.29, 1.82) is 0 Å². The number of rotatable bonds is 4. The molecule has 1 aromatic rings. The van der Waals surface area contributed by atoms with Crippen molar-refractivity contribution >= 4 is 35.1 Å². The van der Waals surface area contributed by atoms with Crippen molar-refractivity contribution in [3.8, 4) is 0 Å². The van der Waals surface area contributed by atoms with Gasteiger partial charge in [-0.2, -0.15) is 0 Å². The minimum Gasteiger partial charge on any atom is -0.480 e. The second kappa shape index (κ2) is 5.20. The monoisotopic (exact) mass is 266 g/mol. The number of carbonyl (C=O) groups is 2. The summed E-state index contributed by atoms with van der Waals surface area (Å²) in [6, 6.07) is -0.108. The molecule has 4 N–H and O–H groups in total. The third kappa shape index (κ3) is 2.88. The van der Waals surface area contributed by atoms with Crippen molar-refractivity contribution in [2.24, 2.45) is 0 Å². The largest absolute Gasteiger partial charge is 0.480 e. The molecule has 0 fully saturated rings. The van der Waals surface area contributed by atoms with Crippen molar-refractivity contribution in [2.75, 3.05) is 6.61 Å². The minimum absolute atomic E-state index is 0.0229. The highest BCUT2D eigenvalue weighted by molar-refractivity contribution is 6.41. The van der Waals surface area contributed by atoms with Crippen LogP contribution in [0.3, 0.4) is 0 Å². The Bertz CT molecular complexity index is 399. The zero-order valence-corrected chi connectivity index (χ0v) is 9.34. The van der Waals surface area contributed by atoms with E-state index in [4.69, 9.17) is 33.4 Å². The van der Waals surface area contributed by atoms with E-state index >= 15 is 0 Å². The predicted octanol–water partition coefficient (Wildman–Crippen LogP) is 0.497. The molecule has 16 heavy (non-hydrogen) atoms. The second-order valence-electron chi connectivity index (χ2n) is 2.89. The van der Waals surface area contributed by atoms with Crippen molar-refractivity contribution in [2.45, 2.75) is 6.04 Å². The average molecular weight is 267 g/mol. The van der Waals surface area contributed by atoms with Gasteiger partial charge in [-0.15, -0.1) is 0 Å². The molecule has 88 valence electrons. The fourth-order valence-corrected chi connectivity index (χ4v) is 1.26. The zero-order chi connectivity index (χ0) is 12.3. The predicted molar refractivity (Wildman–Crippen MR) is 56.8 cm³/mol. The first-order valence-electron chi connectivity index (χ1n) is 4.14. The molecule has 0 aromatic carbocycles. The summed E-state index contributed by atoms with van der Waals surface area (Å²) in [6.07, 6.45) is 0. The van der Waals surface area contributed by atoms with Crippen LogP contribution < -0.4 is 5.32 Å². The van der Waals surface area contributed by atoms with Gasteiger partial charge in [-0.05, 0) is 6.07 Å². The van der Waals surface area contributed by atoms with Gasteiger partial charge in [0.15, 0.2) is 6.04 Å². The molecule has 0 aliphatic carbocycles. The van der Waals surface area contributed by atoms with Gasteiger partial charge >= 0.3 is 5.97 Å². The molecule has 0 aliphatic heterocycles. The van der Waals surface area contributed by atoms with Crippen LogP contribution in [0, 0.1) is 0 Å². The molecule has 0 saturated heterocycles. The highest BCUT2D eigenvalue weighted by Gasteiger charge is 2.20.